The molecule has 0 fully saturated rings. The Hall–Kier alpha value is -1.43. The molecule has 0 spiro atoms. The number of nitrogens with two attached hydrogens (primary N) is 1. The smallest absolute Gasteiger partial charge is 0.307 e. The maximum absolute atomic E-state index is 11.0. The van der Waals surface area contributed by atoms with Gasteiger partial charge in [-0.25, -0.2) is 0 Å². The number of esters is 1. The molecular formula is C7H12N4O2. The minimum absolute atomic E-state index is 0.125. The summed E-state index contributed by atoms with van der Waals surface area (Å²) in [7, 11) is 0. The Bertz CT molecular complexity index is 259. The summed E-state index contributed by atoms with van der Waals surface area (Å²) in [6.45, 7) is 2.11. The van der Waals surface area contributed by atoms with Crippen LogP contribution in [0, 0.1) is 0 Å². The van der Waals surface area contributed by atoms with Crippen molar-refractivity contribution in [1.82, 2.24) is 15.4 Å². The van der Waals surface area contributed by atoms with Gasteiger partial charge in [0.25, 0.3) is 0 Å². The van der Waals surface area contributed by atoms with Crippen LogP contribution in [0.15, 0.2) is 6.20 Å². The van der Waals surface area contributed by atoms with Gasteiger partial charge in [-0.2, -0.15) is 15.4 Å². The molecule has 6 heteroatoms. The molecule has 6 nitrogen and oxygen atoms in total. The lowest BCUT2D eigenvalue weighted by molar-refractivity contribution is -0.143. The van der Waals surface area contributed by atoms with E-state index >= 15 is 0 Å². The van der Waals surface area contributed by atoms with Gasteiger partial charge in [0.2, 0.25) is 0 Å². The van der Waals surface area contributed by atoms with Gasteiger partial charge < -0.3 is 10.5 Å². The Morgan fingerprint density at radius 3 is 3.15 bits per heavy atom. The van der Waals surface area contributed by atoms with Crippen molar-refractivity contribution in [2.45, 2.75) is 19.4 Å². The zero-order valence-corrected chi connectivity index (χ0v) is 7.36. The van der Waals surface area contributed by atoms with E-state index in [-0.39, 0.29) is 12.4 Å². The third-order valence-electron chi connectivity index (χ3n) is 1.51. The van der Waals surface area contributed by atoms with Crippen LogP contribution in [-0.4, -0.2) is 28.0 Å². The predicted octanol–water partition coefficient (Wildman–Crippen LogP) is -0.242. The average molecular weight is 184 g/mol. The molecule has 1 heterocycles. The van der Waals surface area contributed by atoms with Crippen molar-refractivity contribution >= 4 is 5.97 Å². The number of rotatable bonds is 4. The van der Waals surface area contributed by atoms with Crippen molar-refractivity contribution < 1.29 is 9.53 Å². The minimum Gasteiger partial charge on any atom is -0.466 e. The SMILES string of the molecule is CCOC(=O)C[C@H](N)c1cn[nH]n1. The van der Waals surface area contributed by atoms with Crippen molar-refractivity contribution in [3.05, 3.63) is 11.9 Å². The summed E-state index contributed by atoms with van der Waals surface area (Å²) < 4.78 is 4.73. The molecule has 0 saturated carbocycles. The Kier molecular flexibility index (Phi) is 3.39. The number of carbonyl (C=O) groups is 1. The third kappa shape index (κ3) is 2.83. The summed E-state index contributed by atoms with van der Waals surface area (Å²) in [5.41, 5.74) is 6.21. The van der Waals surface area contributed by atoms with Crippen LogP contribution in [0.1, 0.15) is 25.1 Å². The molecule has 1 aromatic heterocycles. The monoisotopic (exact) mass is 184 g/mol. The van der Waals surface area contributed by atoms with Gasteiger partial charge >= 0.3 is 5.97 Å². The van der Waals surface area contributed by atoms with E-state index in [1.54, 1.807) is 6.92 Å². The van der Waals surface area contributed by atoms with Crippen LogP contribution in [0.5, 0.6) is 0 Å². The van der Waals surface area contributed by atoms with Crippen LogP contribution in [0.25, 0.3) is 0 Å². The number of hydrogen-bond donors (Lipinski definition) is 2. The lowest BCUT2D eigenvalue weighted by atomic mass is 10.2. The topological polar surface area (TPSA) is 93.9 Å². The van der Waals surface area contributed by atoms with Gasteiger partial charge in [-0.3, -0.25) is 4.79 Å². The lowest BCUT2D eigenvalue weighted by Gasteiger charge is -2.06. The molecule has 13 heavy (non-hydrogen) atoms. The second-order valence-electron chi connectivity index (χ2n) is 2.51. The number of H-pyrrole nitrogens is 1. The van der Waals surface area contributed by atoms with Crippen LogP contribution in [0.4, 0.5) is 0 Å². The highest BCUT2D eigenvalue weighted by atomic mass is 16.5. The molecular weight excluding hydrogens is 172 g/mol. The normalized spacial score (nSPS) is 12.5. The summed E-state index contributed by atoms with van der Waals surface area (Å²) in [6, 6.07) is -0.446. The number of aromatic nitrogens is 3. The first-order chi connectivity index (χ1) is 6.24. The van der Waals surface area contributed by atoms with Gasteiger partial charge in [0.15, 0.2) is 0 Å². The van der Waals surface area contributed by atoms with Gasteiger partial charge in [-0.05, 0) is 6.92 Å². The number of carbonyl (C=O) groups excluding carboxylic acids is 1. The Morgan fingerprint density at radius 1 is 1.85 bits per heavy atom. The van der Waals surface area contributed by atoms with E-state index in [9.17, 15) is 4.79 Å². The Morgan fingerprint density at radius 2 is 2.62 bits per heavy atom. The molecule has 1 aromatic rings. The van der Waals surface area contributed by atoms with E-state index in [2.05, 4.69) is 15.4 Å². The van der Waals surface area contributed by atoms with Crippen molar-refractivity contribution in [2.75, 3.05) is 6.61 Å². The lowest BCUT2D eigenvalue weighted by Crippen LogP contribution is -2.17. The fourth-order valence-electron chi connectivity index (χ4n) is 0.893. The van der Waals surface area contributed by atoms with Crippen molar-refractivity contribution in [3.63, 3.8) is 0 Å². The van der Waals surface area contributed by atoms with Crippen LogP contribution < -0.4 is 5.73 Å². The minimum atomic E-state index is -0.446. The van der Waals surface area contributed by atoms with Crippen LogP contribution in [0.3, 0.4) is 0 Å². The molecule has 0 aliphatic carbocycles. The zero-order chi connectivity index (χ0) is 9.68. The largest absolute Gasteiger partial charge is 0.466 e. The number of ether oxygens (including phenoxy) is 1. The van der Waals surface area contributed by atoms with Crippen LogP contribution in [0.2, 0.25) is 0 Å². The molecule has 72 valence electrons. The second-order valence-corrected chi connectivity index (χ2v) is 2.51. The molecule has 0 aliphatic rings. The molecule has 0 bridgehead atoms. The van der Waals surface area contributed by atoms with E-state index in [0.717, 1.165) is 0 Å². The molecule has 0 radical (unpaired) electrons. The van der Waals surface area contributed by atoms with Gasteiger partial charge in [0.05, 0.1) is 31.0 Å². The molecule has 0 saturated heterocycles. The van der Waals surface area contributed by atoms with E-state index in [4.69, 9.17) is 10.5 Å². The van der Waals surface area contributed by atoms with Crippen molar-refractivity contribution in [2.24, 2.45) is 5.73 Å². The predicted molar refractivity (Wildman–Crippen MR) is 44.6 cm³/mol. The zero-order valence-electron chi connectivity index (χ0n) is 7.36. The maximum Gasteiger partial charge on any atom is 0.307 e. The van der Waals surface area contributed by atoms with E-state index < -0.39 is 6.04 Å². The standard InChI is InChI=1S/C7H12N4O2/c1-2-13-7(12)3-5(8)6-4-9-11-10-6/h4-5H,2-3,8H2,1H3,(H,9,10,11)/t5-/m0/s1. The molecule has 1 rings (SSSR count). The Balaban J connectivity index is 2.42. The fourth-order valence-corrected chi connectivity index (χ4v) is 0.893. The van der Waals surface area contributed by atoms with Gasteiger partial charge in [-0.1, -0.05) is 0 Å². The number of aromatic amines is 1. The summed E-state index contributed by atoms with van der Waals surface area (Å²) in [5, 5.41) is 9.77. The third-order valence-corrected chi connectivity index (χ3v) is 1.51. The van der Waals surface area contributed by atoms with E-state index in [1.807, 2.05) is 0 Å². The molecule has 3 N–H and O–H groups in total. The molecule has 0 aliphatic heterocycles. The van der Waals surface area contributed by atoms with Gasteiger partial charge in [0.1, 0.15) is 0 Å². The first-order valence-corrected chi connectivity index (χ1v) is 4.01. The highest BCUT2D eigenvalue weighted by Crippen LogP contribution is 2.09. The van der Waals surface area contributed by atoms with Crippen molar-refractivity contribution in [3.8, 4) is 0 Å². The van der Waals surface area contributed by atoms with E-state index in [1.165, 1.54) is 6.20 Å². The van der Waals surface area contributed by atoms with E-state index in [0.29, 0.717) is 12.3 Å². The summed E-state index contributed by atoms with van der Waals surface area (Å²) in [4.78, 5) is 11.0. The van der Waals surface area contributed by atoms with Gasteiger partial charge in [-0.15, -0.1) is 0 Å². The highest BCUT2D eigenvalue weighted by molar-refractivity contribution is 5.70. The first kappa shape index (κ1) is 9.66. The second kappa shape index (κ2) is 4.56. The Labute approximate surface area is 75.5 Å². The van der Waals surface area contributed by atoms with Gasteiger partial charge in [0, 0.05) is 0 Å². The quantitative estimate of drug-likeness (QED) is 0.630. The average Bonchev–Trinajstić information content (AvgIpc) is 2.55. The molecule has 0 amide bonds. The summed E-state index contributed by atoms with van der Waals surface area (Å²) >= 11 is 0. The summed E-state index contributed by atoms with van der Waals surface area (Å²) in [6.07, 6.45) is 1.62. The molecule has 0 unspecified atom stereocenters. The van der Waals surface area contributed by atoms with Crippen molar-refractivity contribution in [1.29, 1.82) is 0 Å². The first-order valence-electron chi connectivity index (χ1n) is 4.01. The molecule has 0 aromatic carbocycles. The molecule has 1 atom stereocenters. The number of hydrogen-bond acceptors (Lipinski definition) is 5. The highest BCUT2D eigenvalue weighted by Gasteiger charge is 2.14. The fraction of sp³-hybridized carbons (Fsp3) is 0.571. The number of nitrogens with zero attached hydrogens (tertiary/aromatic N) is 2. The number of nitrogens with one attached hydrogen (secondary N) is 1. The maximum atomic E-state index is 11.0. The van der Waals surface area contributed by atoms with Crippen LogP contribution in [-0.2, 0) is 9.53 Å². The summed E-state index contributed by atoms with van der Waals surface area (Å²) in [5.74, 6) is -0.321. The van der Waals surface area contributed by atoms with Crippen LogP contribution >= 0.6 is 0 Å².